The van der Waals surface area contributed by atoms with Gasteiger partial charge in [-0.2, -0.15) is 0 Å². The van der Waals surface area contributed by atoms with Crippen LogP contribution in [-0.2, 0) is 0 Å². The van der Waals surface area contributed by atoms with Gasteiger partial charge in [-0.05, 0) is 17.7 Å². The summed E-state index contributed by atoms with van der Waals surface area (Å²) in [5.74, 6) is 0. The molecule has 0 saturated heterocycles. The van der Waals surface area contributed by atoms with Gasteiger partial charge in [0.25, 0.3) is 0 Å². The number of nitrogens with zero attached hydrogens (tertiary/aromatic N) is 6. The Hall–Kier alpha value is -2.33. The van der Waals surface area contributed by atoms with E-state index in [1.165, 1.54) is 0 Å². The molecule has 0 spiro atoms. The smallest absolute Gasteiger partial charge is 0.113 e. The maximum Gasteiger partial charge on any atom is 0.113 e. The minimum absolute atomic E-state index is 0.310. The van der Waals surface area contributed by atoms with Crippen molar-refractivity contribution in [1.82, 2.24) is 15.0 Å². The number of azide groups is 1. The predicted octanol–water partition coefficient (Wildman–Crippen LogP) is 2.21. The fourth-order valence-corrected chi connectivity index (χ4v) is 1.23. The maximum atomic E-state index is 8.08. The zero-order chi connectivity index (χ0) is 10.5. The molecule has 6 nitrogen and oxygen atoms in total. The number of rotatable bonds is 3. The van der Waals surface area contributed by atoms with Crippen molar-refractivity contribution in [1.29, 1.82) is 0 Å². The Morgan fingerprint density at radius 2 is 2.33 bits per heavy atom. The average molecular weight is 200 g/mol. The van der Waals surface area contributed by atoms with Gasteiger partial charge in [-0.25, -0.2) is 4.68 Å². The zero-order valence-electron chi connectivity index (χ0n) is 7.85. The Morgan fingerprint density at radius 1 is 1.47 bits per heavy atom. The zero-order valence-corrected chi connectivity index (χ0v) is 7.85. The molecular formula is C9H8N6. The van der Waals surface area contributed by atoms with Gasteiger partial charge in [0.15, 0.2) is 0 Å². The number of para-hydroxylation sites is 1. The molecule has 0 saturated carbocycles. The standard InChI is InChI=1S/C9H8N6/c10-13-11-6-3-7-15-9-5-2-1-4-8(9)12-14-15/h1-5,7H,6H2/b7-3+. The molecule has 74 valence electrons. The third kappa shape index (κ3) is 1.95. The molecule has 1 aromatic carbocycles. The summed E-state index contributed by atoms with van der Waals surface area (Å²) >= 11 is 0. The van der Waals surface area contributed by atoms with Crippen molar-refractivity contribution >= 4 is 17.2 Å². The molecule has 0 radical (unpaired) electrons. The van der Waals surface area contributed by atoms with E-state index in [1.54, 1.807) is 17.0 Å². The van der Waals surface area contributed by atoms with Crippen molar-refractivity contribution in [3.63, 3.8) is 0 Å². The first kappa shape index (κ1) is 9.23. The Kier molecular flexibility index (Phi) is 2.62. The molecule has 0 aliphatic heterocycles. The summed E-state index contributed by atoms with van der Waals surface area (Å²) in [6.07, 6.45) is 3.45. The molecule has 15 heavy (non-hydrogen) atoms. The van der Waals surface area contributed by atoms with Crippen LogP contribution in [0, 0.1) is 0 Å². The Bertz CT molecular complexity index is 534. The lowest BCUT2D eigenvalue weighted by Gasteiger charge is -1.91. The molecule has 0 aliphatic rings. The molecule has 0 fully saturated rings. The van der Waals surface area contributed by atoms with E-state index in [0.717, 1.165) is 11.0 Å². The van der Waals surface area contributed by atoms with E-state index in [0.29, 0.717) is 6.54 Å². The minimum Gasteiger partial charge on any atom is -0.220 e. The number of aromatic nitrogens is 3. The van der Waals surface area contributed by atoms with Crippen LogP contribution in [0.15, 0.2) is 35.5 Å². The lowest BCUT2D eigenvalue weighted by molar-refractivity contribution is 0.859. The van der Waals surface area contributed by atoms with Crippen LogP contribution in [0.1, 0.15) is 0 Å². The number of hydrogen-bond donors (Lipinski definition) is 0. The summed E-state index contributed by atoms with van der Waals surface area (Å²) in [5.41, 5.74) is 9.85. The van der Waals surface area contributed by atoms with Gasteiger partial charge in [0.1, 0.15) is 5.52 Å². The summed E-state index contributed by atoms with van der Waals surface area (Å²) in [6, 6.07) is 7.64. The summed E-state index contributed by atoms with van der Waals surface area (Å²) in [5, 5.41) is 11.3. The van der Waals surface area contributed by atoms with Crippen LogP contribution in [0.3, 0.4) is 0 Å². The van der Waals surface area contributed by atoms with Gasteiger partial charge in [0.05, 0.1) is 5.52 Å². The fourth-order valence-electron chi connectivity index (χ4n) is 1.23. The van der Waals surface area contributed by atoms with Crippen molar-refractivity contribution in [2.45, 2.75) is 0 Å². The normalized spacial score (nSPS) is 10.7. The molecule has 2 aromatic rings. The average Bonchev–Trinajstić information content (AvgIpc) is 2.68. The number of hydrogen-bond acceptors (Lipinski definition) is 3. The van der Waals surface area contributed by atoms with Crippen LogP contribution >= 0.6 is 0 Å². The molecule has 0 aliphatic carbocycles. The number of fused-ring (bicyclic) bond motifs is 1. The van der Waals surface area contributed by atoms with Gasteiger partial charge in [0, 0.05) is 17.7 Å². The van der Waals surface area contributed by atoms with Crippen LogP contribution in [0.25, 0.3) is 27.7 Å². The molecule has 0 amide bonds. The maximum absolute atomic E-state index is 8.08. The topological polar surface area (TPSA) is 79.5 Å². The minimum atomic E-state index is 0.310. The molecule has 0 atom stereocenters. The van der Waals surface area contributed by atoms with Crippen molar-refractivity contribution in [3.05, 3.63) is 40.8 Å². The van der Waals surface area contributed by atoms with E-state index in [-0.39, 0.29) is 0 Å². The molecular weight excluding hydrogens is 192 g/mol. The monoisotopic (exact) mass is 200 g/mol. The van der Waals surface area contributed by atoms with Gasteiger partial charge in [-0.15, -0.1) is 5.10 Å². The van der Waals surface area contributed by atoms with Crippen molar-refractivity contribution in [2.75, 3.05) is 6.54 Å². The largest absolute Gasteiger partial charge is 0.220 e. The molecule has 2 rings (SSSR count). The highest BCUT2D eigenvalue weighted by molar-refractivity contribution is 5.75. The number of benzene rings is 1. The van der Waals surface area contributed by atoms with Crippen LogP contribution in [-0.4, -0.2) is 21.5 Å². The van der Waals surface area contributed by atoms with Gasteiger partial charge >= 0.3 is 0 Å². The highest BCUT2D eigenvalue weighted by Crippen LogP contribution is 2.09. The van der Waals surface area contributed by atoms with Gasteiger partial charge in [-0.1, -0.05) is 28.5 Å². The predicted molar refractivity (Wildman–Crippen MR) is 56.9 cm³/mol. The molecule has 0 bridgehead atoms. The Morgan fingerprint density at radius 3 is 3.20 bits per heavy atom. The third-order valence-electron chi connectivity index (χ3n) is 1.87. The van der Waals surface area contributed by atoms with E-state index in [2.05, 4.69) is 20.3 Å². The van der Waals surface area contributed by atoms with E-state index >= 15 is 0 Å². The third-order valence-corrected chi connectivity index (χ3v) is 1.87. The molecule has 0 unspecified atom stereocenters. The summed E-state index contributed by atoms with van der Waals surface area (Å²) in [4.78, 5) is 2.65. The van der Waals surface area contributed by atoms with Gasteiger partial charge in [-0.3, -0.25) is 0 Å². The highest BCUT2D eigenvalue weighted by Gasteiger charge is 1.98. The highest BCUT2D eigenvalue weighted by atomic mass is 15.4. The van der Waals surface area contributed by atoms with E-state index < -0.39 is 0 Å². The second-order valence-electron chi connectivity index (χ2n) is 2.82. The van der Waals surface area contributed by atoms with E-state index in [1.807, 2.05) is 24.3 Å². The first-order chi connectivity index (χ1) is 7.42. The fraction of sp³-hybridized carbons (Fsp3) is 0.111. The van der Waals surface area contributed by atoms with Gasteiger partial charge < -0.3 is 0 Å². The molecule has 6 heteroatoms. The van der Waals surface area contributed by atoms with Gasteiger partial charge in [0.2, 0.25) is 0 Å². The first-order valence-corrected chi connectivity index (χ1v) is 4.39. The Balaban J connectivity index is 2.28. The van der Waals surface area contributed by atoms with Crippen LogP contribution in [0.5, 0.6) is 0 Å². The second-order valence-corrected chi connectivity index (χ2v) is 2.82. The van der Waals surface area contributed by atoms with Crippen LogP contribution in [0.2, 0.25) is 0 Å². The van der Waals surface area contributed by atoms with Crippen molar-refractivity contribution in [2.24, 2.45) is 5.11 Å². The lowest BCUT2D eigenvalue weighted by atomic mass is 10.3. The quantitative estimate of drug-likeness (QED) is 0.432. The summed E-state index contributed by atoms with van der Waals surface area (Å²) in [7, 11) is 0. The Labute approximate surface area is 85.4 Å². The van der Waals surface area contributed by atoms with Crippen LogP contribution in [0.4, 0.5) is 0 Å². The summed E-state index contributed by atoms with van der Waals surface area (Å²) in [6.45, 7) is 0.310. The second kappa shape index (κ2) is 4.26. The van der Waals surface area contributed by atoms with Crippen LogP contribution < -0.4 is 0 Å². The summed E-state index contributed by atoms with van der Waals surface area (Å²) < 4.78 is 1.64. The van der Waals surface area contributed by atoms with E-state index in [9.17, 15) is 0 Å². The first-order valence-electron chi connectivity index (χ1n) is 4.39. The SMILES string of the molecule is [N-]=[N+]=NC/C=C/n1nnc2ccccc21. The molecule has 1 aromatic heterocycles. The lowest BCUT2D eigenvalue weighted by Crippen LogP contribution is -1.88. The van der Waals surface area contributed by atoms with E-state index in [4.69, 9.17) is 5.53 Å². The molecule has 1 heterocycles. The van der Waals surface area contributed by atoms with Crippen molar-refractivity contribution in [3.8, 4) is 0 Å². The van der Waals surface area contributed by atoms with Crippen molar-refractivity contribution < 1.29 is 0 Å². The molecule has 0 N–H and O–H groups in total.